The van der Waals surface area contributed by atoms with Gasteiger partial charge in [-0.2, -0.15) is 0 Å². The summed E-state index contributed by atoms with van der Waals surface area (Å²) in [5.41, 5.74) is 0.441. The topological polar surface area (TPSA) is 49.9 Å². The number of carbonyl (C=O) groups is 2. The average molecular weight is 266 g/mol. The van der Waals surface area contributed by atoms with E-state index in [1.807, 2.05) is 19.0 Å². The summed E-state index contributed by atoms with van der Waals surface area (Å²) in [7, 11) is 3.82. The molecular weight excluding hydrogens is 244 g/mol. The van der Waals surface area contributed by atoms with Crippen LogP contribution in [0.4, 0.5) is 0 Å². The van der Waals surface area contributed by atoms with Crippen LogP contribution in [0.3, 0.4) is 0 Å². The van der Waals surface area contributed by atoms with Gasteiger partial charge in [-0.15, -0.1) is 6.58 Å². The Hall–Kier alpha value is -1.62. The van der Waals surface area contributed by atoms with E-state index in [2.05, 4.69) is 6.58 Å². The molecule has 1 unspecified atom stereocenters. The summed E-state index contributed by atoms with van der Waals surface area (Å²) in [6.45, 7) is 6.94. The molecular formula is C14H22N2O3. The molecule has 1 aliphatic heterocycles. The van der Waals surface area contributed by atoms with Crippen molar-refractivity contribution in [2.45, 2.75) is 13.3 Å². The third-order valence-corrected chi connectivity index (χ3v) is 3.01. The predicted octanol–water partition coefficient (Wildman–Crippen LogP) is 1.03. The lowest BCUT2D eigenvalue weighted by Gasteiger charge is -2.13. The van der Waals surface area contributed by atoms with Gasteiger partial charge < -0.3 is 14.5 Å². The second-order valence-electron chi connectivity index (χ2n) is 4.91. The minimum absolute atomic E-state index is 0.00422. The Morgan fingerprint density at radius 2 is 2.26 bits per heavy atom. The molecule has 106 valence electrons. The molecule has 0 aromatic heterocycles. The number of amides is 1. The van der Waals surface area contributed by atoms with Crippen molar-refractivity contribution in [1.82, 2.24) is 9.80 Å². The number of nitrogens with zero attached hydrogens (tertiary/aromatic N) is 2. The van der Waals surface area contributed by atoms with Crippen molar-refractivity contribution >= 4 is 11.9 Å². The minimum Gasteiger partial charge on any atom is -0.461 e. The van der Waals surface area contributed by atoms with Gasteiger partial charge in [0.2, 0.25) is 5.91 Å². The fraction of sp³-hybridized carbons (Fsp3) is 0.571. The molecule has 0 radical (unpaired) electrons. The first-order valence-corrected chi connectivity index (χ1v) is 6.39. The second kappa shape index (κ2) is 7.09. The Labute approximate surface area is 114 Å². The lowest BCUT2D eigenvalue weighted by atomic mass is 10.1. The van der Waals surface area contributed by atoms with Crippen LogP contribution in [0.25, 0.3) is 0 Å². The maximum Gasteiger partial charge on any atom is 0.335 e. The van der Waals surface area contributed by atoms with E-state index < -0.39 is 0 Å². The summed E-state index contributed by atoms with van der Waals surface area (Å²) in [5.74, 6) is -0.513. The van der Waals surface area contributed by atoms with Crippen molar-refractivity contribution in [3.63, 3.8) is 0 Å². The van der Waals surface area contributed by atoms with Gasteiger partial charge in [0.15, 0.2) is 0 Å². The van der Waals surface area contributed by atoms with Crippen molar-refractivity contribution < 1.29 is 14.3 Å². The van der Waals surface area contributed by atoms with Crippen molar-refractivity contribution in [3.05, 3.63) is 24.4 Å². The summed E-state index contributed by atoms with van der Waals surface area (Å²) in [5, 5.41) is 0. The van der Waals surface area contributed by atoms with Crippen LogP contribution in [0, 0.1) is 5.92 Å². The normalized spacial score (nSPS) is 20.0. The summed E-state index contributed by atoms with van der Waals surface area (Å²) in [6, 6.07) is 0. The second-order valence-corrected chi connectivity index (χ2v) is 4.91. The zero-order chi connectivity index (χ0) is 14.4. The van der Waals surface area contributed by atoms with Crippen molar-refractivity contribution in [3.8, 4) is 0 Å². The zero-order valence-corrected chi connectivity index (χ0v) is 11.9. The molecule has 0 N–H and O–H groups in total. The molecule has 0 bridgehead atoms. The highest BCUT2D eigenvalue weighted by Crippen LogP contribution is 2.19. The molecule has 0 aromatic carbocycles. The Morgan fingerprint density at radius 1 is 1.58 bits per heavy atom. The van der Waals surface area contributed by atoms with Gasteiger partial charge in [-0.1, -0.05) is 6.08 Å². The Bertz CT molecular complexity index is 388. The molecule has 0 saturated carbocycles. The number of esters is 1. The van der Waals surface area contributed by atoms with Crippen LogP contribution in [-0.4, -0.2) is 55.5 Å². The number of rotatable bonds is 6. The lowest BCUT2D eigenvalue weighted by molar-refractivity contribution is -0.139. The van der Waals surface area contributed by atoms with Crippen LogP contribution in [0.2, 0.25) is 0 Å². The van der Waals surface area contributed by atoms with Gasteiger partial charge in [-0.25, -0.2) is 4.79 Å². The fourth-order valence-corrected chi connectivity index (χ4v) is 1.79. The van der Waals surface area contributed by atoms with E-state index in [9.17, 15) is 9.59 Å². The molecule has 1 heterocycles. The molecule has 1 atom stereocenters. The predicted molar refractivity (Wildman–Crippen MR) is 73.3 cm³/mol. The molecule has 1 aliphatic rings. The van der Waals surface area contributed by atoms with Gasteiger partial charge in [0.1, 0.15) is 6.61 Å². The van der Waals surface area contributed by atoms with Crippen LogP contribution < -0.4 is 0 Å². The van der Waals surface area contributed by atoms with Gasteiger partial charge >= 0.3 is 5.97 Å². The van der Waals surface area contributed by atoms with Crippen LogP contribution in [0.1, 0.15) is 13.3 Å². The van der Waals surface area contributed by atoms with Gasteiger partial charge in [-0.05, 0) is 27.4 Å². The first-order valence-electron chi connectivity index (χ1n) is 6.39. The maximum absolute atomic E-state index is 11.8. The molecule has 1 fully saturated rings. The number of ether oxygens (including phenoxy) is 1. The standard InChI is InChI=1S/C14H22N2O3/c1-5-12-6-7-16(13(12)17)10-11(2)14(18)19-9-8-15(3)4/h5,10,12H,1,6-9H2,2-4H3/b11-10+. The van der Waals surface area contributed by atoms with Crippen LogP contribution in [0.5, 0.6) is 0 Å². The van der Waals surface area contributed by atoms with Gasteiger partial charge in [0.05, 0.1) is 11.5 Å². The van der Waals surface area contributed by atoms with Crippen molar-refractivity contribution in [2.24, 2.45) is 5.92 Å². The van der Waals surface area contributed by atoms with Gasteiger partial charge in [0.25, 0.3) is 0 Å². The minimum atomic E-state index is -0.378. The fourth-order valence-electron chi connectivity index (χ4n) is 1.79. The first-order chi connectivity index (χ1) is 8.95. The van der Waals surface area contributed by atoms with Crippen LogP contribution in [-0.2, 0) is 14.3 Å². The number of carbonyl (C=O) groups excluding carboxylic acids is 2. The number of hydrogen-bond donors (Lipinski definition) is 0. The third kappa shape index (κ3) is 4.52. The van der Waals surface area contributed by atoms with E-state index in [0.717, 1.165) is 6.42 Å². The Balaban J connectivity index is 2.50. The van der Waals surface area contributed by atoms with E-state index >= 15 is 0 Å². The summed E-state index contributed by atoms with van der Waals surface area (Å²) >= 11 is 0. The van der Waals surface area contributed by atoms with Crippen LogP contribution >= 0.6 is 0 Å². The van der Waals surface area contributed by atoms with E-state index in [0.29, 0.717) is 25.3 Å². The smallest absolute Gasteiger partial charge is 0.335 e. The molecule has 0 spiro atoms. The molecule has 19 heavy (non-hydrogen) atoms. The number of likely N-dealkylation sites (N-methyl/N-ethyl adjacent to an activating group) is 1. The molecule has 5 heteroatoms. The van der Waals surface area contributed by atoms with Gasteiger partial charge in [-0.3, -0.25) is 4.79 Å². The first kappa shape index (κ1) is 15.4. The third-order valence-electron chi connectivity index (χ3n) is 3.01. The zero-order valence-electron chi connectivity index (χ0n) is 11.9. The average Bonchev–Trinajstić information content (AvgIpc) is 2.69. The van der Waals surface area contributed by atoms with E-state index in [1.54, 1.807) is 24.1 Å². The number of likely N-dealkylation sites (tertiary alicyclic amines) is 1. The van der Waals surface area contributed by atoms with Gasteiger partial charge in [0, 0.05) is 19.3 Å². The lowest BCUT2D eigenvalue weighted by Crippen LogP contribution is -2.24. The highest BCUT2D eigenvalue weighted by Gasteiger charge is 2.28. The molecule has 0 aromatic rings. The number of hydrogen-bond acceptors (Lipinski definition) is 4. The molecule has 5 nitrogen and oxygen atoms in total. The molecule has 1 amide bonds. The Morgan fingerprint density at radius 3 is 2.79 bits per heavy atom. The van der Waals surface area contributed by atoms with Crippen LogP contribution in [0.15, 0.2) is 24.4 Å². The monoisotopic (exact) mass is 266 g/mol. The summed E-state index contributed by atoms with van der Waals surface area (Å²) < 4.78 is 5.11. The maximum atomic E-state index is 11.8. The molecule has 1 rings (SSSR count). The quantitative estimate of drug-likeness (QED) is 0.409. The molecule has 1 saturated heterocycles. The van der Waals surface area contributed by atoms with Crippen molar-refractivity contribution in [1.29, 1.82) is 0 Å². The van der Waals surface area contributed by atoms with E-state index in [-0.39, 0.29) is 17.8 Å². The van der Waals surface area contributed by atoms with E-state index in [4.69, 9.17) is 4.74 Å². The highest BCUT2D eigenvalue weighted by molar-refractivity contribution is 5.89. The van der Waals surface area contributed by atoms with E-state index in [1.165, 1.54) is 0 Å². The summed E-state index contributed by atoms with van der Waals surface area (Å²) in [6.07, 6.45) is 3.98. The van der Waals surface area contributed by atoms with Crippen molar-refractivity contribution in [2.75, 3.05) is 33.8 Å². The molecule has 0 aliphatic carbocycles. The Kier molecular flexibility index (Phi) is 5.76. The largest absolute Gasteiger partial charge is 0.461 e. The SMILES string of the molecule is C=CC1CCN(/C=C(\C)C(=O)OCCN(C)C)C1=O. The highest BCUT2D eigenvalue weighted by atomic mass is 16.5. The summed E-state index contributed by atoms with van der Waals surface area (Å²) in [4.78, 5) is 27.1.